The molecular weight excluding hydrogens is 234 g/mol. The minimum absolute atomic E-state index is 0.101. The Morgan fingerprint density at radius 1 is 1.24 bits per heavy atom. The third-order valence-corrected chi connectivity index (χ3v) is 2.82. The van der Waals surface area contributed by atoms with Crippen LogP contribution in [0.15, 0.2) is 24.3 Å². The summed E-state index contributed by atoms with van der Waals surface area (Å²) in [6.07, 6.45) is 4.69. The zero-order chi connectivity index (χ0) is 12.5. The highest BCUT2D eigenvalue weighted by atomic mass is 35.5. The fraction of sp³-hybridized carbons (Fsp3) is 0.500. The predicted octanol–water partition coefficient (Wildman–Crippen LogP) is 3.99. The summed E-state index contributed by atoms with van der Waals surface area (Å²) in [7, 11) is 0. The van der Waals surface area contributed by atoms with Crippen LogP contribution in [0.1, 0.15) is 38.2 Å². The normalized spacial score (nSPS) is 10.2. The Balaban J connectivity index is 2.37. The monoisotopic (exact) mass is 253 g/mol. The van der Waals surface area contributed by atoms with Crippen LogP contribution in [0.3, 0.4) is 0 Å². The number of unbranched alkanes of at least 4 members (excludes halogenated alkanes) is 2. The van der Waals surface area contributed by atoms with E-state index in [9.17, 15) is 4.79 Å². The van der Waals surface area contributed by atoms with Gasteiger partial charge < -0.3 is 5.32 Å². The molecule has 17 heavy (non-hydrogen) atoms. The molecule has 0 atom stereocenters. The summed E-state index contributed by atoms with van der Waals surface area (Å²) in [6, 6.07) is 7.87. The van der Waals surface area contributed by atoms with E-state index in [1.807, 2.05) is 24.3 Å². The first-order chi connectivity index (χ1) is 8.26. The summed E-state index contributed by atoms with van der Waals surface area (Å²) in [5.41, 5.74) is 2.06. The molecule has 1 amide bonds. The largest absolute Gasteiger partial charge is 0.326 e. The van der Waals surface area contributed by atoms with E-state index in [4.69, 9.17) is 11.6 Å². The maximum absolute atomic E-state index is 11.6. The Labute approximate surface area is 108 Å². The van der Waals surface area contributed by atoms with Crippen molar-refractivity contribution in [2.45, 2.75) is 39.0 Å². The van der Waals surface area contributed by atoms with Crippen LogP contribution < -0.4 is 5.32 Å². The van der Waals surface area contributed by atoms with E-state index in [0.717, 1.165) is 31.4 Å². The Morgan fingerprint density at radius 3 is 2.53 bits per heavy atom. The molecule has 1 aromatic carbocycles. The molecule has 1 aromatic rings. The van der Waals surface area contributed by atoms with Gasteiger partial charge in [0, 0.05) is 18.0 Å². The lowest BCUT2D eigenvalue weighted by Gasteiger charge is -2.05. The van der Waals surface area contributed by atoms with Gasteiger partial charge in [-0.15, -0.1) is 11.6 Å². The van der Waals surface area contributed by atoms with Gasteiger partial charge in [0.15, 0.2) is 0 Å². The minimum Gasteiger partial charge on any atom is -0.326 e. The molecule has 0 heterocycles. The van der Waals surface area contributed by atoms with Gasteiger partial charge in [0.2, 0.25) is 5.91 Å². The van der Waals surface area contributed by atoms with E-state index in [0.29, 0.717) is 12.3 Å². The molecule has 0 saturated carbocycles. The van der Waals surface area contributed by atoms with Gasteiger partial charge in [0.1, 0.15) is 0 Å². The van der Waals surface area contributed by atoms with Gasteiger partial charge in [0.25, 0.3) is 0 Å². The Kier molecular flexibility index (Phi) is 6.71. The average molecular weight is 254 g/mol. The number of hydrogen-bond acceptors (Lipinski definition) is 1. The second-order valence-corrected chi connectivity index (χ2v) is 4.52. The molecule has 0 unspecified atom stereocenters. The first-order valence-electron chi connectivity index (χ1n) is 6.21. The number of rotatable bonds is 7. The van der Waals surface area contributed by atoms with Crippen LogP contribution in [0.4, 0.5) is 5.69 Å². The van der Waals surface area contributed by atoms with Crippen LogP contribution in [0.5, 0.6) is 0 Å². The number of hydrogen-bond donors (Lipinski definition) is 1. The van der Waals surface area contributed by atoms with Crippen LogP contribution >= 0.6 is 11.6 Å². The molecule has 1 rings (SSSR count). The zero-order valence-electron chi connectivity index (χ0n) is 10.3. The van der Waals surface area contributed by atoms with Crippen molar-refractivity contribution in [1.82, 2.24) is 0 Å². The summed E-state index contributed by atoms with van der Waals surface area (Å²) >= 11 is 5.66. The van der Waals surface area contributed by atoms with Gasteiger partial charge in [-0.1, -0.05) is 31.9 Å². The SMILES string of the molecule is CCCCCC(=O)Nc1ccc(CCCl)cc1. The zero-order valence-corrected chi connectivity index (χ0v) is 11.1. The molecule has 0 aliphatic carbocycles. The van der Waals surface area contributed by atoms with E-state index >= 15 is 0 Å². The van der Waals surface area contributed by atoms with Crippen molar-refractivity contribution in [3.63, 3.8) is 0 Å². The molecule has 0 fully saturated rings. The van der Waals surface area contributed by atoms with Gasteiger partial charge >= 0.3 is 0 Å². The molecule has 0 aromatic heterocycles. The molecule has 94 valence electrons. The standard InChI is InChI=1S/C14H20ClNO/c1-2-3-4-5-14(17)16-13-8-6-12(7-9-13)10-11-15/h6-9H,2-5,10-11H2,1H3,(H,16,17). The van der Waals surface area contributed by atoms with Crippen molar-refractivity contribution in [3.05, 3.63) is 29.8 Å². The van der Waals surface area contributed by atoms with E-state index in [1.54, 1.807) is 0 Å². The lowest BCUT2D eigenvalue weighted by molar-refractivity contribution is -0.116. The van der Waals surface area contributed by atoms with Gasteiger partial charge in [-0.2, -0.15) is 0 Å². The van der Waals surface area contributed by atoms with Crippen molar-refractivity contribution in [2.75, 3.05) is 11.2 Å². The Morgan fingerprint density at radius 2 is 1.94 bits per heavy atom. The smallest absolute Gasteiger partial charge is 0.224 e. The number of anilines is 1. The first kappa shape index (κ1) is 14.0. The second-order valence-electron chi connectivity index (χ2n) is 4.14. The first-order valence-corrected chi connectivity index (χ1v) is 6.74. The topological polar surface area (TPSA) is 29.1 Å². The highest BCUT2D eigenvalue weighted by molar-refractivity contribution is 6.17. The Bertz CT molecular complexity index is 335. The molecule has 0 radical (unpaired) electrons. The molecule has 0 aliphatic rings. The van der Waals surface area contributed by atoms with Crippen molar-refractivity contribution in [2.24, 2.45) is 0 Å². The maximum atomic E-state index is 11.6. The van der Waals surface area contributed by atoms with Crippen molar-refractivity contribution in [1.29, 1.82) is 0 Å². The van der Waals surface area contributed by atoms with E-state index in [-0.39, 0.29) is 5.91 Å². The fourth-order valence-electron chi connectivity index (χ4n) is 1.62. The van der Waals surface area contributed by atoms with Crippen LogP contribution in [0.25, 0.3) is 0 Å². The number of alkyl halides is 1. The average Bonchev–Trinajstić information content (AvgIpc) is 2.32. The molecule has 0 aliphatic heterocycles. The molecule has 0 bridgehead atoms. The number of carbonyl (C=O) groups is 1. The number of nitrogens with one attached hydrogen (secondary N) is 1. The van der Waals surface area contributed by atoms with Gasteiger partial charge in [-0.3, -0.25) is 4.79 Å². The number of halogens is 1. The van der Waals surface area contributed by atoms with E-state index in [1.165, 1.54) is 5.56 Å². The molecule has 1 N–H and O–H groups in total. The van der Waals surface area contributed by atoms with Crippen molar-refractivity contribution < 1.29 is 4.79 Å². The lowest BCUT2D eigenvalue weighted by Crippen LogP contribution is -2.10. The van der Waals surface area contributed by atoms with Gasteiger partial charge in [0.05, 0.1) is 0 Å². The molecule has 0 saturated heterocycles. The van der Waals surface area contributed by atoms with E-state index < -0.39 is 0 Å². The predicted molar refractivity (Wildman–Crippen MR) is 73.6 cm³/mol. The molecular formula is C14H20ClNO. The number of benzene rings is 1. The number of aryl methyl sites for hydroxylation is 1. The lowest BCUT2D eigenvalue weighted by atomic mass is 10.1. The number of amides is 1. The Hall–Kier alpha value is -1.02. The summed E-state index contributed by atoms with van der Waals surface area (Å²) in [5.74, 6) is 0.728. The third-order valence-electron chi connectivity index (χ3n) is 2.63. The number of carbonyl (C=O) groups excluding carboxylic acids is 1. The van der Waals surface area contributed by atoms with Crippen molar-refractivity contribution >= 4 is 23.2 Å². The quantitative estimate of drug-likeness (QED) is 0.578. The summed E-state index contributed by atoms with van der Waals surface area (Å²) < 4.78 is 0. The van der Waals surface area contributed by atoms with Crippen molar-refractivity contribution in [3.8, 4) is 0 Å². The van der Waals surface area contributed by atoms with Crippen LogP contribution in [0.2, 0.25) is 0 Å². The highest BCUT2D eigenvalue weighted by Crippen LogP contribution is 2.11. The third kappa shape index (κ3) is 5.73. The fourth-order valence-corrected chi connectivity index (χ4v) is 1.84. The molecule has 3 heteroatoms. The highest BCUT2D eigenvalue weighted by Gasteiger charge is 2.01. The van der Waals surface area contributed by atoms with Gasteiger partial charge in [-0.25, -0.2) is 0 Å². The summed E-state index contributed by atoms with van der Waals surface area (Å²) in [5, 5.41) is 2.90. The van der Waals surface area contributed by atoms with Crippen LogP contribution in [-0.4, -0.2) is 11.8 Å². The second kappa shape index (κ2) is 8.13. The molecule has 2 nitrogen and oxygen atoms in total. The summed E-state index contributed by atoms with van der Waals surface area (Å²) in [4.78, 5) is 11.6. The van der Waals surface area contributed by atoms with Gasteiger partial charge in [-0.05, 0) is 30.5 Å². The van der Waals surface area contributed by atoms with Crippen LogP contribution in [-0.2, 0) is 11.2 Å². The minimum atomic E-state index is 0.101. The maximum Gasteiger partial charge on any atom is 0.224 e. The summed E-state index contributed by atoms with van der Waals surface area (Å²) in [6.45, 7) is 2.13. The molecule has 0 spiro atoms. The van der Waals surface area contributed by atoms with E-state index in [2.05, 4.69) is 12.2 Å². The van der Waals surface area contributed by atoms with Crippen LogP contribution in [0, 0.1) is 0 Å².